The van der Waals surface area contributed by atoms with Gasteiger partial charge in [0, 0.05) is 27.9 Å². The van der Waals surface area contributed by atoms with Crippen molar-refractivity contribution in [2.75, 3.05) is 5.32 Å². The predicted molar refractivity (Wildman–Crippen MR) is 118 cm³/mol. The van der Waals surface area contributed by atoms with Crippen LogP contribution in [0.3, 0.4) is 0 Å². The number of hydrogen-bond acceptors (Lipinski definition) is 5. The lowest BCUT2D eigenvalue weighted by Crippen LogP contribution is -2.31. The molecule has 2 aromatic carbocycles. The van der Waals surface area contributed by atoms with Crippen LogP contribution >= 0.6 is 27.7 Å². The number of thioether (sulfide) groups is 1. The third-order valence-corrected chi connectivity index (χ3v) is 6.73. The maximum Gasteiger partial charge on any atom is 0.227 e. The lowest BCUT2D eigenvalue weighted by atomic mass is 9.85. The van der Waals surface area contributed by atoms with Crippen molar-refractivity contribution in [3.8, 4) is 0 Å². The van der Waals surface area contributed by atoms with Crippen molar-refractivity contribution in [3.63, 3.8) is 0 Å². The van der Waals surface area contributed by atoms with Gasteiger partial charge in [-0.15, -0.1) is 5.10 Å². The first-order valence-corrected chi connectivity index (χ1v) is 11.5. The van der Waals surface area contributed by atoms with E-state index in [2.05, 4.69) is 26.2 Å². The highest BCUT2D eigenvalue weighted by Crippen LogP contribution is 2.40. The molecule has 8 heteroatoms. The molecule has 0 saturated heterocycles. The monoisotopic (exact) mass is 484 g/mol. The minimum atomic E-state index is -0.298. The van der Waals surface area contributed by atoms with Crippen molar-refractivity contribution in [3.05, 3.63) is 81.2 Å². The fourth-order valence-corrected chi connectivity index (χ4v) is 4.96. The number of aromatic nitrogens is 3. The molecule has 3 aromatic rings. The Labute approximate surface area is 185 Å². The molecule has 152 valence electrons. The van der Waals surface area contributed by atoms with Gasteiger partial charge in [0.2, 0.25) is 11.1 Å². The highest BCUT2D eigenvalue weighted by molar-refractivity contribution is 9.10. The van der Waals surface area contributed by atoms with Crippen LogP contribution in [0.15, 0.2) is 69.4 Å². The van der Waals surface area contributed by atoms with E-state index >= 15 is 0 Å². The van der Waals surface area contributed by atoms with Crippen LogP contribution in [0.4, 0.5) is 10.3 Å². The average Bonchev–Trinajstić information content (AvgIpc) is 3.14. The van der Waals surface area contributed by atoms with Gasteiger partial charge in [-0.3, -0.25) is 4.79 Å². The van der Waals surface area contributed by atoms with Gasteiger partial charge in [0.25, 0.3) is 0 Å². The molecule has 0 spiro atoms. The molecular weight excluding hydrogens is 467 g/mol. The van der Waals surface area contributed by atoms with Crippen LogP contribution in [0, 0.1) is 5.82 Å². The Hall–Kier alpha value is -2.45. The number of hydrogen-bond donors (Lipinski definition) is 1. The van der Waals surface area contributed by atoms with Crippen LogP contribution in [-0.2, 0) is 10.5 Å². The zero-order valence-corrected chi connectivity index (χ0v) is 18.3. The molecule has 5 rings (SSSR count). The maximum atomic E-state index is 13.5. The van der Waals surface area contributed by atoms with Gasteiger partial charge in [-0.1, -0.05) is 52.0 Å². The molecule has 0 fully saturated rings. The fraction of sp³-hybridized carbons (Fsp3) is 0.227. The molecule has 0 radical (unpaired) electrons. The summed E-state index contributed by atoms with van der Waals surface area (Å²) in [5, 5.41) is 8.64. The number of nitrogens with zero attached hydrogens (tertiary/aromatic N) is 3. The third-order valence-electron chi connectivity index (χ3n) is 5.29. The van der Waals surface area contributed by atoms with E-state index in [0.29, 0.717) is 23.3 Å². The minimum Gasteiger partial charge on any atom is -0.328 e. The van der Waals surface area contributed by atoms with E-state index in [1.54, 1.807) is 10.7 Å². The number of fused-ring (bicyclic) bond motifs is 1. The summed E-state index contributed by atoms with van der Waals surface area (Å²) in [6, 6.07) is 14.2. The molecule has 1 aliphatic heterocycles. The average molecular weight is 485 g/mol. The van der Waals surface area contributed by atoms with E-state index in [0.717, 1.165) is 39.7 Å². The zero-order valence-electron chi connectivity index (χ0n) is 15.9. The van der Waals surface area contributed by atoms with Crippen molar-refractivity contribution in [2.45, 2.75) is 36.2 Å². The summed E-state index contributed by atoms with van der Waals surface area (Å²) in [7, 11) is 0. The van der Waals surface area contributed by atoms with Gasteiger partial charge in [0.15, 0.2) is 5.78 Å². The fourth-order valence-electron chi connectivity index (χ4n) is 3.93. The van der Waals surface area contributed by atoms with Gasteiger partial charge >= 0.3 is 0 Å². The predicted octanol–water partition coefficient (Wildman–Crippen LogP) is 5.49. The molecule has 0 saturated carbocycles. The first kappa shape index (κ1) is 19.5. The van der Waals surface area contributed by atoms with Gasteiger partial charge in [0.05, 0.1) is 0 Å². The van der Waals surface area contributed by atoms with E-state index in [-0.39, 0.29) is 17.6 Å². The SMILES string of the molecule is O=C1CCCC2=C1[C@@H](c1ccc(Br)cc1)n1nc(SCc3cccc(F)c3)nc1N2. The van der Waals surface area contributed by atoms with Crippen molar-refractivity contribution < 1.29 is 9.18 Å². The number of halogens is 2. The number of benzene rings is 2. The van der Waals surface area contributed by atoms with E-state index in [4.69, 9.17) is 5.10 Å². The van der Waals surface area contributed by atoms with Crippen molar-refractivity contribution in [1.82, 2.24) is 14.8 Å². The second kappa shape index (κ2) is 8.00. The molecule has 1 aromatic heterocycles. The lowest BCUT2D eigenvalue weighted by Gasteiger charge is -2.32. The van der Waals surface area contributed by atoms with Crippen LogP contribution < -0.4 is 5.32 Å². The van der Waals surface area contributed by atoms with Crippen LogP contribution in [-0.4, -0.2) is 20.5 Å². The normalized spacial score (nSPS) is 18.1. The number of Topliss-reactive ketones (excluding diaryl/α,β-unsaturated/α-hetero) is 1. The molecular formula is C22H18BrFN4OS. The minimum absolute atomic E-state index is 0.159. The quantitative estimate of drug-likeness (QED) is 0.495. The van der Waals surface area contributed by atoms with E-state index in [9.17, 15) is 9.18 Å². The largest absolute Gasteiger partial charge is 0.328 e. The van der Waals surface area contributed by atoms with Crippen molar-refractivity contribution >= 4 is 39.4 Å². The van der Waals surface area contributed by atoms with Crippen molar-refractivity contribution in [2.24, 2.45) is 0 Å². The highest BCUT2D eigenvalue weighted by Gasteiger charge is 2.36. The molecule has 2 heterocycles. The lowest BCUT2D eigenvalue weighted by molar-refractivity contribution is -0.116. The zero-order chi connectivity index (χ0) is 20.7. The maximum absolute atomic E-state index is 13.5. The number of carbonyl (C=O) groups is 1. The summed E-state index contributed by atoms with van der Waals surface area (Å²) < 4.78 is 16.2. The third kappa shape index (κ3) is 3.70. The Kier molecular flexibility index (Phi) is 5.20. The summed E-state index contributed by atoms with van der Waals surface area (Å²) in [6.07, 6.45) is 2.22. The van der Waals surface area contributed by atoms with E-state index in [1.807, 2.05) is 30.3 Å². The molecule has 1 atom stereocenters. The molecule has 0 amide bonds. The van der Waals surface area contributed by atoms with Gasteiger partial charge < -0.3 is 5.32 Å². The van der Waals surface area contributed by atoms with Crippen LogP contribution in [0.5, 0.6) is 0 Å². The molecule has 0 unspecified atom stereocenters. The van der Waals surface area contributed by atoms with Gasteiger partial charge in [-0.05, 0) is 48.2 Å². The Bertz CT molecular complexity index is 1160. The van der Waals surface area contributed by atoms with Crippen molar-refractivity contribution in [1.29, 1.82) is 0 Å². The number of allylic oxidation sites excluding steroid dienone is 2. The van der Waals surface area contributed by atoms with Gasteiger partial charge in [-0.2, -0.15) is 4.98 Å². The van der Waals surface area contributed by atoms with Crippen LogP contribution in [0.25, 0.3) is 0 Å². The van der Waals surface area contributed by atoms with Crippen LogP contribution in [0.1, 0.15) is 36.4 Å². The summed E-state index contributed by atoms with van der Waals surface area (Å²) in [5.74, 6) is 1.11. The van der Waals surface area contributed by atoms with E-state index in [1.165, 1.54) is 23.9 Å². The number of nitrogens with one attached hydrogen (secondary N) is 1. The van der Waals surface area contributed by atoms with Gasteiger partial charge in [0.1, 0.15) is 11.9 Å². The standard InChI is InChI=1S/C22H18BrFN4OS/c23-15-9-7-14(8-10-15)20-19-17(5-2-6-18(19)29)25-21-26-22(27-28(20)21)30-12-13-3-1-4-16(24)11-13/h1,3-4,7-11,20H,2,5-6,12H2,(H,25,26,27)/t20-/m1/s1. The number of ketones is 1. The molecule has 30 heavy (non-hydrogen) atoms. The summed E-state index contributed by atoms with van der Waals surface area (Å²) >= 11 is 4.93. The Morgan fingerprint density at radius 3 is 2.83 bits per heavy atom. The molecule has 1 N–H and O–H groups in total. The number of carbonyl (C=O) groups excluding carboxylic acids is 1. The number of anilines is 1. The second-order valence-corrected chi connectivity index (χ2v) is 9.19. The number of rotatable bonds is 4. The van der Waals surface area contributed by atoms with Crippen LogP contribution in [0.2, 0.25) is 0 Å². The summed E-state index contributed by atoms with van der Waals surface area (Å²) in [4.78, 5) is 17.5. The molecule has 0 bridgehead atoms. The van der Waals surface area contributed by atoms with Gasteiger partial charge in [-0.25, -0.2) is 9.07 Å². The first-order chi connectivity index (χ1) is 14.6. The molecule has 1 aliphatic carbocycles. The second-order valence-electron chi connectivity index (χ2n) is 7.33. The smallest absolute Gasteiger partial charge is 0.227 e. The summed E-state index contributed by atoms with van der Waals surface area (Å²) in [6.45, 7) is 0. The highest BCUT2D eigenvalue weighted by atomic mass is 79.9. The Balaban J connectivity index is 1.50. The topological polar surface area (TPSA) is 59.8 Å². The Morgan fingerprint density at radius 2 is 2.03 bits per heavy atom. The summed E-state index contributed by atoms with van der Waals surface area (Å²) in [5.41, 5.74) is 3.59. The molecule has 2 aliphatic rings. The Morgan fingerprint density at radius 1 is 1.20 bits per heavy atom. The molecule has 5 nitrogen and oxygen atoms in total. The van der Waals surface area contributed by atoms with E-state index < -0.39 is 0 Å². The first-order valence-electron chi connectivity index (χ1n) is 9.71.